The molecule has 0 radical (unpaired) electrons. The zero-order chi connectivity index (χ0) is 14.6. The van der Waals surface area contributed by atoms with Gasteiger partial charge in [-0.25, -0.2) is 0 Å². The lowest BCUT2D eigenvalue weighted by molar-refractivity contribution is -0.118. The Kier molecular flexibility index (Phi) is 8.86. The highest BCUT2D eigenvalue weighted by Gasteiger charge is 2.02. The summed E-state index contributed by atoms with van der Waals surface area (Å²) >= 11 is 1.49. The minimum absolute atomic E-state index is 0.00739. The fourth-order valence-corrected chi connectivity index (χ4v) is 2.17. The van der Waals surface area contributed by atoms with Crippen LogP contribution in [0.25, 0.3) is 0 Å². The molecule has 0 aliphatic rings. The summed E-state index contributed by atoms with van der Waals surface area (Å²) in [6.07, 6.45) is 0.749. The second-order valence-corrected chi connectivity index (χ2v) is 5.05. The number of benzene rings is 1. The maximum atomic E-state index is 11.6. The van der Waals surface area contributed by atoms with Crippen LogP contribution in [-0.2, 0) is 9.53 Å². The lowest BCUT2D eigenvalue weighted by Crippen LogP contribution is -2.26. The highest BCUT2D eigenvalue weighted by molar-refractivity contribution is 8.00. The number of carbonyl (C=O) groups excluding carboxylic acids is 1. The summed E-state index contributed by atoms with van der Waals surface area (Å²) in [7, 11) is 1.62. The molecule has 0 unspecified atom stereocenters. The van der Waals surface area contributed by atoms with Crippen molar-refractivity contribution < 1.29 is 19.4 Å². The molecule has 0 fully saturated rings. The van der Waals surface area contributed by atoms with Gasteiger partial charge in [0.25, 0.3) is 0 Å². The highest BCUT2D eigenvalue weighted by Crippen LogP contribution is 2.20. The molecule has 20 heavy (non-hydrogen) atoms. The molecule has 0 heterocycles. The largest absolute Gasteiger partial charge is 0.497 e. The van der Waals surface area contributed by atoms with Crippen LogP contribution < -0.4 is 10.1 Å². The van der Waals surface area contributed by atoms with Crippen LogP contribution >= 0.6 is 11.8 Å². The minimum atomic E-state index is 0.00739. The summed E-state index contributed by atoms with van der Waals surface area (Å²) in [6.45, 7) is 1.52. The van der Waals surface area contributed by atoms with Crippen molar-refractivity contribution in [2.75, 3.05) is 39.2 Å². The maximum absolute atomic E-state index is 11.6. The SMILES string of the molecule is COc1ccc(SCC(=O)NCCCOCCO)cc1. The molecule has 112 valence electrons. The van der Waals surface area contributed by atoms with Gasteiger partial charge in [0.15, 0.2) is 0 Å². The molecular formula is C14H21NO4S. The van der Waals surface area contributed by atoms with Crippen molar-refractivity contribution in [2.45, 2.75) is 11.3 Å². The van der Waals surface area contributed by atoms with E-state index in [9.17, 15) is 4.79 Å². The molecule has 1 amide bonds. The molecule has 0 aliphatic heterocycles. The predicted octanol–water partition coefficient (Wildman–Crippen LogP) is 1.30. The summed E-state index contributed by atoms with van der Waals surface area (Å²) < 4.78 is 10.2. The Morgan fingerprint density at radius 2 is 2.05 bits per heavy atom. The van der Waals surface area contributed by atoms with Gasteiger partial charge in [-0.05, 0) is 30.7 Å². The lowest BCUT2D eigenvalue weighted by Gasteiger charge is -2.06. The van der Waals surface area contributed by atoms with Crippen LogP contribution in [0, 0.1) is 0 Å². The van der Waals surface area contributed by atoms with E-state index in [4.69, 9.17) is 14.6 Å². The van der Waals surface area contributed by atoms with Gasteiger partial charge in [-0.1, -0.05) is 0 Å². The van der Waals surface area contributed by atoms with Gasteiger partial charge in [0.2, 0.25) is 5.91 Å². The Labute approximate surface area is 123 Å². The lowest BCUT2D eigenvalue weighted by atomic mass is 10.3. The van der Waals surface area contributed by atoms with Crippen molar-refractivity contribution in [1.29, 1.82) is 0 Å². The molecule has 0 aliphatic carbocycles. The van der Waals surface area contributed by atoms with E-state index < -0.39 is 0 Å². The predicted molar refractivity (Wildman–Crippen MR) is 79.2 cm³/mol. The Morgan fingerprint density at radius 1 is 1.30 bits per heavy atom. The Bertz CT molecular complexity index is 383. The van der Waals surface area contributed by atoms with Crippen LogP contribution in [0.3, 0.4) is 0 Å². The minimum Gasteiger partial charge on any atom is -0.497 e. The van der Waals surface area contributed by atoms with Gasteiger partial charge in [-0.3, -0.25) is 4.79 Å². The molecule has 0 spiro atoms. The molecular weight excluding hydrogens is 278 g/mol. The van der Waals surface area contributed by atoms with Crippen molar-refractivity contribution in [3.05, 3.63) is 24.3 Å². The quantitative estimate of drug-likeness (QED) is 0.503. The van der Waals surface area contributed by atoms with Crippen LogP contribution in [0.15, 0.2) is 29.2 Å². The standard InChI is InChI=1S/C14H21NO4S/c1-18-12-3-5-13(6-4-12)20-11-14(17)15-7-2-9-19-10-8-16/h3-6,16H,2,7-11H2,1H3,(H,15,17). The molecule has 0 aromatic heterocycles. The Balaban J connectivity index is 2.10. The summed E-state index contributed by atoms with van der Waals surface area (Å²) in [5.74, 6) is 1.21. The summed E-state index contributed by atoms with van der Waals surface area (Å²) in [5.41, 5.74) is 0. The number of rotatable bonds is 10. The van der Waals surface area contributed by atoms with Crippen LogP contribution in [0.4, 0.5) is 0 Å². The van der Waals surface area contributed by atoms with E-state index in [0.29, 0.717) is 25.5 Å². The fourth-order valence-electron chi connectivity index (χ4n) is 1.44. The molecule has 1 aromatic rings. The first-order chi connectivity index (χ1) is 9.76. The summed E-state index contributed by atoms with van der Waals surface area (Å²) in [5, 5.41) is 11.3. The van der Waals surface area contributed by atoms with Gasteiger partial charge >= 0.3 is 0 Å². The molecule has 2 N–H and O–H groups in total. The summed E-state index contributed by atoms with van der Waals surface area (Å²) in [6, 6.07) is 7.61. The van der Waals surface area contributed by atoms with E-state index in [-0.39, 0.29) is 12.5 Å². The van der Waals surface area contributed by atoms with Crippen molar-refractivity contribution in [1.82, 2.24) is 5.32 Å². The highest BCUT2D eigenvalue weighted by atomic mass is 32.2. The van der Waals surface area contributed by atoms with E-state index in [1.807, 2.05) is 24.3 Å². The van der Waals surface area contributed by atoms with Crippen molar-refractivity contribution in [2.24, 2.45) is 0 Å². The number of carbonyl (C=O) groups is 1. The number of hydrogen-bond acceptors (Lipinski definition) is 5. The topological polar surface area (TPSA) is 67.8 Å². The number of aliphatic hydroxyl groups excluding tert-OH is 1. The number of hydrogen-bond donors (Lipinski definition) is 2. The zero-order valence-electron chi connectivity index (χ0n) is 11.6. The van der Waals surface area contributed by atoms with Crippen LogP contribution in [0.2, 0.25) is 0 Å². The van der Waals surface area contributed by atoms with Crippen molar-refractivity contribution in [3.8, 4) is 5.75 Å². The summed E-state index contributed by atoms with van der Waals surface area (Å²) in [4.78, 5) is 12.6. The van der Waals surface area contributed by atoms with Gasteiger partial charge in [-0.2, -0.15) is 0 Å². The van der Waals surface area contributed by atoms with Gasteiger partial charge in [-0.15, -0.1) is 11.8 Å². The number of methoxy groups -OCH3 is 1. The van der Waals surface area contributed by atoms with Gasteiger partial charge in [0.1, 0.15) is 5.75 Å². The molecule has 5 nitrogen and oxygen atoms in total. The van der Waals surface area contributed by atoms with Crippen molar-refractivity contribution in [3.63, 3.8) is 0 Å². The molecule has 0 saturated heterocycles. The third kappa shape index (κ3) is 7.37. The molecule has 1 rings (SSSR count). The molecule has 0 bridgehead atoms. The first-order valence-corrected chi connectivity index (χ1v) is 7.47. The number of thioether (sulfide) groups is 1. The van der Waals surface area contributed by atoms with Gasteiger partial charge < -0.3 is 19.9 Å². The van der Waals surface area contributed by atoms with Gasteiger partial charge in [0.05, 0.1) is 26.1 Å². The average Bonchev–Trinajstić information content (AvgIpc) is 2.49. The maximum Gasteiger partial charge on any atom is 0.230 e. The van der Waals surface area contributed by atoms with Crippen LogP contribution in [0.5, 0.6) is 5.75 Å². The average molecular weight is 299 g/mol. The number of aliphatic hydroxyl groups is 1. The van der Waals surface area contributed by atoms with E-state index >= 15 is 0 Å². The van der Waals surface area contributed by atoms with Crippen molar-refractivity contribution >= 4 is 17.7 Å². The van der Waals surface area contributed by atoms with Crippen LogP contribution in [0.1, 0.15) is 6.42 Å². The second-order valence-electron chi connectivity index (χ2n) is 4.00. The number of nitrogens with one attached hydrogen (secondary N) is 1. The van der Waals surface area contributed by atoms with Gasteiger partial charge in [0, 0.05) is 18.0 Å². The third-order valence-corrected chi connectivity index (χ3v) is 3.46. The van der Waals surface area contributed by atoms with E-state index in [1.54, 1.807) is 7.11 Å². The molecule has 6 heteroatoms. The molecule has 1 aromatic carbocycles. The van der Waals surface area contributed by atoms with E-state index in [1.165, 1.54) is 11.8 Å². The monoisotopic (exact) mass is 299 g/mol. The first-order valence-electron chi connectivity index (χ1n) is 6.48. The molecule has 0 atom stereocenters. The van der Waals surface area contributed by atoms with E-state index in [0.717, 1.165) is 17.1 Å². The fraction of sp³-hybridized carbons (Fsp3) is 0.500. The smallest absolute Gasteiger partial charge is 0.230 e. The Hall–Kier alpha value is -1.24. The second kappa shape index (κ2) is 10.5. The number of amides is 1. The number of ether oxygens (including phenoxy) is 2. The van der Waals surface area contributed by atoms with Crippen LogP contribution in [-0.4, -0.2) is 50.2 Å². The third-order valence-electron chi connectivity index (χ3n) is 2.45. The zero-order valence-corrected chi connectivity index (χ0v) is 12.4. The first kappa shape index (κ1) is 16.8. The molecule has 0 saturated carbocycles. The normalized spacial score (nSPS) is 10.3. The van der Waals surface area contributed by atoms with E-state index in [2.05, 4.69) is 5.32 Å². The Morgan fingerprint density at radius 3 is 2.70 bits per heavy atom.